The van der Waals surface area contributed by atoms with E-state index < -0.39 is 8.56 Å². The standard InChI is InChI=1S/C14H28O6Si/c1-5-7-14(15)18-8-6-13-21(4,19-11-9-16-2)20-12-10-17-3/h5,7H,6,8-13H2,1-4H3. The summed E-state index contributed by atoms with van der Waals surface area (Å²) in [5.74, 6) is -0.318. The van der Waals surface area contributed by atoms with Crippen LogP contribution in [0.5, 0.6) is 0 Å². The van der Waals surface area contributed by atoms with Gasteiger partial charge in [0.15, 0.2) is 0 Å². The molecule has 0 aromatic carbocycles. The minimum absolute atomic E-state index is 0.318. The largest absolute Gasteiger partial charge is 0.463 e. The molecule has 0 heterocycles. The average Bonchev–Trinajstić information content (AvgIpc) is 2.45. The summed E-state index contributed by atoms with van der Waals surface area (Å²) in [7, 11) is 0.984. The van der Waals surface area contributed by atoms with E-state index in [9.17, 15) is 4.79 Å². The fourth-order valence-electron chi connectivity index (χ4n) is 1.62. The normalized spacial score (nSPS) is 12.0. The fraction of sp³-hybridized carbons (Fsp3) is 0.786. The highest BCUT2D eigenvalue weighted by atomic mass is 28.4. The second kappa shape index (κ2) is 13.0. The first kappa shape index (κ1) is 20.3. The van der Waals surface area contributed by atoms with Crippen molar-refractivity contribution < 1.29 is 27.9 Å². The summed E-state index contributed by atoms with van der Waals surface area (Å²) in [4.78, 5) is 11.2. The molecule has 0 aliphatic rings. The van der Waals surface area contributed by atoms with Crippen LogP contribution in [-0.4, -0.2) is 61.8 Å². The van der Waals surface area contributed by atoms with Crippen molar-refractivity contribution in [1.29, 1.82) is 0 Å². The van der Waals surface area contributed by atoms with Crippen LogP contribution in [0.1, 0.15) is 13.3 Å². The van der Waals surface area contributed by atoms with Gasteiger partial charge in [-0.3, -0.25) is 0 Å². The number of rotatable bonds is 13. The molecule has 0 atom stereocenters. The van der Waals surface area contributed by atoms with Crippen molar-refractivity contribution >= 4 is 14.5 Å². The van der Waals surface area contributed by atoms with Gasteiger partial charge < -0.3 is 23.1 Å². The number of carbonyl (C=O) groups excluding carboxylic acids is 1. The molecular weight excluding hydrogens is 292 g/mol. The van der Waals surface area contributed by atoms with Crippen LogP contribution in [0.4, 0.5) is 0 Å². The van der Waals surface area contributed by atoms with Gasteiger partial charge in [-0.15, -0.1) is 0 Å². The molecule has 0 rings (SSSR count). The molecule has 0 saturated heterocycles. The van der Waals surface area contributed by atoms with Gasteiger partial charge in [-0.25, -0.2) is 4.79 Å². The number of hydrogen-bond donors (Lipinski definition) is 0. The summed E-state index contributed by atoms with van der Waals surface area (Å²) in [6.45, 7) is 6.23. The Balaban J connectivity index is 4.09. The third-order valence-electron chi connectivity index (χ3n) is 2.71. The molecule has 6 nitrogen and oxygen atoms in total. The monoisotopic (exact) mass is 320 g/mol. The molecule has 0 aromatic rings. The minimum atomic E-state index is -2.28. The van der Waals surface area contributed by atoms with E-state index in [2.05, 4.69) is 0 Å². The molecule has 0 radical (unpaired) electrons. The molecule has 0 N–H and O–H groups in total. The third-order valence-corrected chi connectivity index (χ3v) is 5.60. The summed E-state index contributed by atoms with van der Waals surface area (Å²) in [6.07, 6.45) is 3.77. The van der Waals surface area contributed by atoms with Crippen molar-refractivity contribution in [2.75, 3.05) is 47.3 Å². The van der Waals surface area contributed by atoms with Gasteiger partial charge in [-0.1, -0.05) is 6.08 Å². The predicted octanol–water partition coefficient (Wildman–Crippen LogP) is 1.89. The molecule has 0 saturated carbocycles. The lowest BCUT2D eigenvalue weighted by atomic mass is 10.5. The van der Waals surface area contributed by atoms with Gasteiger partial charge in [0, 0.05) is 20.3 Å². The topological polar surface area (TPSA) is 63.2 Å². The summed E-state index contributed by atoms with van der Waals surface area (Å²) in [5, 5.41) is 0. The van der Waals surface area contributed by atoms with Gasteiger partial charge in [-0.2, -0.15) is 0 Å². The van der Waals surface area contributed by atoms with Gasteiger partial charge in [-0.05, 0) is 25.9 Å². The van der Waals surface area contributed by atoms with Crippen LogP contribution in [0.25, 0.3) is 0 Å². The lowest BCUT2D eigenvalue weighted by molar-refractivity contribution is -0.137. The maximum Gasteiger partial charge on any atom is 0.335 e. The molecule has 0 aromatic heterocycles. The second-order valence-electron chi connectivity index (χ2n) is 4.59. The zero-order valence-electron chi connectivity index (χ0n) is 13.6. The second-order valence-corrected chi connectivity index (χ2v) is 7.93. The van der Waals surface area contributed by atoms with Gasteiger partial charge >= 0.3 is 14.5 Å². The molecule has 7 heteroatoms. The van der Waals surface area contributed by atoms with Crippen molar-refractivity contribution in [1.82, 2.24) is 0 Å². The zero-order valence-corrected chi connectivity index (χ0v) is 14.6. The highest BCUT2D eigenvalue weighted by Gasteiger charge is 2.31. The van der Waals surface area contributed by atoms with E-state index in [4.69, 9.17) is 23.1 Å². The SMILES string of the molecule is CC=CC(=O)OCCC[Si](C)(OCCOC)OCCOC. The Morgan fingerprint density at radius 2 is 1.57 bits per heavy atom. The first-order chi connectivity index (χ1) is 10.1. The maximum absolute atomic E-state index is 11.2. The highest BCUT2D eigenvalue weighted by Crippen LogP contribution is 2.16. The number of carbonyl (C=O) groups is 1. The first-order valence-electron chi connectivity index (χ1n) is 7.13. The van der Waals surface area contributed by atoms with E-state index in [1.54, 1.807) is 27.2 Å². The predicted molar refractivity (Wildman–Crippen MR) is 82.5 cm³/mol. The number of allylic oxidation sites excluding steroid dienone is 1. The Hall–Kier alpha value is -0.733. The van der Waals surface area contributed by atoms with E-state index in [1.807, 2.05) is 6.55 Å². The Morgan fingerprint density at radius 1 is 1.00 bits per heavy atom. The van der Waals surface area contributed by atoms with Crippen LogP contribution >= 0.6 is 0 Å². The molecule has 0 fully saturated rings. The number of methoxy groups -OCH3 is 2. The molecule has 124 valence electrons. The average molecular weight is 320 g/mol. The van der Waals surface area contributed by atoms with E-state index >= 15 is 0 Å². The van der Waals surface area contributed by atoms with E-state index in [0.717, 1.165) is 6.04 Å². The Kier molecular flexibility index (Phi) is 12.5. The number of hydrogen-bond acceptors (Lipinski definition) is 6. The van der Waals surface area contributed by atoms with Crippen molar-refractivity contribution in [2.24, 2.45) is 0 Å². The summed E-state index contributed by atoms with van der Waals surface area (Å²) in [5.41, 5.74) is 0. The molecule has 0 amide bonds. The van der Waals surface area contributed by atoms with Crippen LogP contribution in [-0.2, 0) is 27.9 Å². The van der Waals surface area contributed by atoms with E-state index in [0.29, 0.717) is 39.5 Å². The van der Waals surface area contributed by atoms with Crippen molar-refractivity contribution in [3.63, 3.8) is 0 Å². The molecule has 21 heavy (non-hydrogen) atoms. The Morgan fingerprint density at radius 3 is 2.05 bits per heavy atom. The van der Waals surface area contributed by atoms with Crippen molar-refractivity contribution in [2.45, 2.75) is 25.9 Å². The highest BCUT2D eigenvalue weighted by molar-refractivity contribution is 6.66. The molecule has 0 unspecified atom stereocenters. The molecule has 0 spiro atoms. The van der Waals surface area contributed by atoms with E-state index in [-0.39, 0.29) is 5.97 Å². The Labute approximate surface area is 128 Å². The van der Waals surface area contributed by atoms with E-state index in [1.165, 1.54) is 6.08 Å². The molecule has 0 aliphatic heterocycles. The van der Waals surface area contributed by atoms with Gasteiger partial charge in [0.25, 0.3) is 0 Å². The molecule has 0 bridgehead atoms. The lowest BCUT2D eigenvalue weighted by Crippen LogP contribution is -2.40. The van der Waals surface area contributed by atoms with Gasteiger partial charge in [0.2, 0.25) is 0 Å². The smallest absolute Gasteiger partial charge is 0.335 e. The summed E-state index contributed by atoms with van der Waals surface area (Å²) >= 11 is 0. The maximum atomic E-state index is 11.2. The van der Waals surface area contributed by atoms with Crippen LogP contribution in [0.15, 0.2) is 12.2 Å². The number of esters is 1. The Bertz CT molecular complexity index is 285. The molecule has 0 aliphatic carbocycles. The summed E-state index contributed by atoms with van der Waals surface area (Å²) in [6, 6.07) is 0.754. The van der Waals surface area contributed by atoms with Crippen LogP contribution < -0.4 is 0 Å². The minimum Gasteiger partial charge on any atom is -0.463 e. The lowest BCUT2D eigenvalue weighted by Gasteiger charge is -2.27. The first-order valence-corrected chi connectivity index (χ1v) is 9.65. The quantitative estimate of drug-likeness (QED) is 0.223. The van der Waals surface area contributed by atoms with Crippen LogP contribution in [0.2, 0.25) is 12.6 Å². The fourth-order valence-corrected chi connectivity index (χ4v) is 3.81. The summed E-state index contributed by atoms with van der Waals surface area (Å²) < 4.78 is 26.7. The van der Waals surface area contributed by atoms with Crippen LogP contribution in [0, 0.1) is 0 Å². The van der Waals surface area contributed by atoms with Crippen molar-refractivity contribution in [3.05, 3.63) is 12.2 Å². The van der Waals surface area contributed by atoms with Gasteiger partial charge in [0.1, 0.15) is 0 Å². The van der Waals surface area contributed by atoms with Gasteiger partial charge in [0.05, 0.1) is 33.0 Å². The zero-order chi connectivity index (χ0) is 16.0. The molecular formula is C14H28O6Si. The third kappa shape index (κ3) is 11.6. The number of ether oxygens (including phenoxy) is 3. The van der Waals surface area contributed by atoms with Crippen LogP contribution in [0.3, 0.4) is 0 Å². The van der Waals surface area contributed by atoms with Crippen molar-refractivity contribution in [3.8, 4) is 0 Å².